The quantitative estimate of drug-likeness (QED) is 0.734. The van der Waals surface area contributed by atoms with Gasteiger partial charge < -0.3 is 9.47 Å². The number of ether oxygens (including phenoxy) is 2. The number of benzene rings is 1. The molecule has 0 radical (unpaired) electrons. The van der Waals surface area contributed by atoms with Crippen LogP contribution in [0.1, 0.15) is 11.9 Å². The maximum Gasteiger partial charge on any atom is 0.511 e. The minimum atomic E-state index is -5.36. The molecule has 2 rings (SSSR count). The Morgan fingerprint density at radius 3 is 2.48 bits per heavy atom. The normalized spacial score (nSPS) is 23.4. The summed E-state index contributed by atoms with van der Waals surface area (Å²) in [5.74, 6) is 0. The lowest BCUT2D eigenvalue weighted by atomic mass is 10.2. The minimum absolute atomic E-state index is 0.0109. The number of hydrogen-bond donors (Lipinski definition) is 1. The minimum Gasteiger partial charge on any atom is -0.346 e. The van der Waals surface area contributed by atoms with Gasteiger partial charge in [0.15, 0.2) is 6.29 Å². The third-order valence-corrected chi connectivity index (χ3v) is 4.57. The molecule has 1 fully saturated rings. The molecule has 0 spiro atoms. The number of rotatable bonds is 4. The van der Waals surface area contributed by atoms with Gasteiger partial charge in [-0.15, -0.1) is 0 Å². The van der Waals surface area contributed by atoms with Gasteiger partial charge in [0.25, 0.3) is 0 Å². The lowest BCUT2D eigenvalue weighted by Crippen LogP contribution is -2.41. The Bertz CT molecular complexity index is 590. The van der Waals surface area contributed by atoms with Gasteiger partial charge in [0.05, 0.1) is 12.7 Å². The summed E-state index contributed by atoms with van der Waals surface area (Å²) in [5.41, 5.74) is -4.61. The second-order valence-corrected chi connectivity index (χ2v) is 7.28. The molecule has 2 atom stereocenters. The van der Waals surface area contributed by atoms with Gasteiger partial charge in [-0.05, 0) is 34.7 Å². The largest absolute Gasteiger partial charge is 0.511 e. The van der Waals surface area contributed by atoms with Crippen molar-refractivity contribution in [3.8, 4) is 0 Å². The predicted octanol–water partition coefficient (Wildman–Crippen LogP) is 2.14. The van der Waals surface area contributed by atoms with Crippen LogP contribution in [0.2, 0.25) is 0 Å². The molecule has 1 heterocycles. The fourth-order valence-corrected chi connectivity index (χ4v) is 2.56. The molecule has 1 aromatic carbocycles. The zero-order valence-electron chi connectivity index (χ0n) is 10.4. The highest BCUT2D eigenvalue weighted by atomic mass is 127. The van der Waals surface area contributed by atoms with Crippen molar-refractivity contribution in [2.24, 2.45) is 0 Å². The smallest absolute Gasteiger partial charge is 0.346 e. The Labute approximate surface area is 133 Å². The molecule has 2 unspecified atom stereocenters. The average molecular weight is 437 g/mol. The van der Waals surface area contributed by atoms with Crippen LogP contribution in [0.25, 0.3) is 0 Å². The lowest BCUT2D eigenvalue weighted by molar-refractivity contribution is -0.0598. The van der Waals surface area contributed by atoms with Gasteiger partial charge in [-0.3, -0.25) is 0 Å². The third kappa shape index (κ3) is 4.28. The maximum absolute atomic E-state index is 12.2. The molecular weight excluding hydrogens is 426 g/mol. The van der Waals surface area contributed by atoms with E-state index < -0.39 is 34.5 Å². The number of hydrogen-bond acceptors (Lipinski definition) is 4. The van der Waals surface area contributed by atoms with Gasteiger partial charge in [0, 0.05) is 15.7 Å². The molecule has 0 saturated carbocycles. The van der Waals surface area contributed by atoms with Gasteiger partial charge in [-0.1, -0.05) is 12.1 Å². The van der Waals surface area contributed by atoms with E-state index in [0.717, 1.165) is 9.13 Å². The van der Waals surface area contributed by atoms with E-state index in [1.165, 1.54) is 4.72 Å². The van der Waals surface area contributed by atoms with Crippen molar-refractivity contribution in [2.75, 3.05) is 13.2 Å². The SMILES string of the molecule is O=S(=O)(NCC1COC(c2ccc(I)cc2)O1)C(F)(F)F. The molecule has 10 heteroatoms. The van der Waals surface area contributed by atoms with E-state index in [2.05, 4.69) is 22.6 Å². The van der Waals surface area contributed by atoms with Crippen molar-refractivity contribution in [2.45, 2.75) is 17.9 Å². The maximum atomic E-state index is 12.2. The van der Waals surface area contributed by atoms with E-state index in [1.807, 2.05) is 12.1 Å². The molecule has 0 aromatic heterocycles. The van der Waals surface area contributed by atoms with E-state index in [1.54, 1.807) is 12.1 Å². The van der Waals surface area contributed by atoms with Crippen LogP contribution in [0.5, 0.6) is 0 Å². The van der Waals surface area contributed by atoms with E-state index >= 15 is 0 Å². The van der Waals surface area contributed by atoms with E-state index in [0.29, 0.717) is 0 Å². The monoisotopic (exact) mass is 437 g/mol. The third-order valence-electron chi connectivity index (χ3n) is 2.70. The first kappa shape index (κ1) is 16.9. The summed E-state index contributed by atoms with van der Waals surface area (Å²) in [6.45, 7) is -0.486. The molecule has 1 aromatic rings. The van der Waals surface area contributed by atoms with Crippen LogP contribution >= 0.6 is 22.6 Å². The molecule has 0 aliphatic carbocycles. The lowest BCUT2D eigenvalue weighted by Gasteiger charge is -2.13. The highest BCUT2D eigenvalue weighted by Crippen LogP contribution is 2.28. The highest BCUT2D eigenvalue weighted by Gasteiger charge is 2.46. The van der Waals surface area contributed by atoms with Crippen LogP contribution in [-0.2, 0) is 19.5 Å². The molecule has 118 valence electrons. The Hall–Kier alpha value is -0.430. The molecule has 0 bridgehead atoms. The predicted molar refractivity (Wildman–Crippen MR) is 75.7 cm³/mol. The number of halogens is 4. The van der Waals surface area contributed by atoms with Crippen LogP contribution in [0.15, 0.2) is 24.3 Å². The standard InChI is InChI=1S/C11H11F3INO4S/c12-11(13,14)21(17,18)16-5-9-6-19-10(20-9)7-1-3-8(15)4-2-7/h1-4,9-10,16H,5-6H2. The van der Waals surface area contributed by atoms with Gasteiger partial charge in [-0.2, -0.15) is 13.2 Å². The Balaban J connectivity index is 1.90. The Morgan fingerprint density at radius 2 is 1.90 bits per heavy atom. The summed E-state index contributed by atoms with van der Waals surface area (Å²) in [5, 5.41) is 0. The summed E-state index contributed by atoms with van der Waals surface area (Å²) in [6, 6.07) is 7.22. The van der Waals surface area contributed by atoms with Crippen molar-refractivity contribution in [3.05, 3.63) is 33.4 Å². The number of alkyl halides is 3. The molecule has 5 nitrogen and oxygen atoms in total. The number of sulfonamides is 1. The van der Waals surface area contributed by atoms with Gasteiger partial charge in [0.2, 0.25) is 0 Å². The van der Waals surface area contributed by atoms with E-state index in [9.17, 15) is 21.6 Å². The van der Waals surface area contributed by atoms with Crippen LogP contribution in [0.3, 0.4) is 0 Å². The fourth-order valence-electron chi connectivity index (χ4n) is 1.63. The van der Waals surface area contributed by atoms with Crippen molar-refractivity contribution < 1.29 is 31.1 Å². The van der Waals surface area contributed by atoms with Gasteiger partial charge in [-0.25, -0.2) is 13.1 Å². The van der Waals surface area contributed by atoms with Gasteiger partial charge in [0.1, 0.15) is 0 Å². The Morgan fingerprint density at radius 1 is 1.29 bits per heavy atom. The molecule has 1 aliphatic rings. The Kier molecular flexibility index (Phi) is 5.13. The number of nitrogens with one attached hydrogen (secondary N) is 1. The topological polar surface area (TPSA) is 64.6 Å². The summed E-state index contributed by atoms with van der Waals surface area (Å²) < 4.78 is 71.4. The van der Waals surface area contributed by atoms with E-state index in [4.69, 9.17) is 9.47 Å². The molecule has 1 saturated heterocycles. The average Bonchev–Trinajstić information content (AvgIpc) is 2.85. The summed E-state index contributed by atoms with van der Waals surface area (Å²) >= 11 is 2.13. The zero-order chi connectivity index (χ0) is 15.7. The molecule has 0 amide bonds. The first-order valence-corrected chi connectivity index (χ1v) is 8.34. The summed E-state index contributed by atoms with van der Waals surface area (Å²) in [4.78, 5) is 0. The summed E-state index contributed by atoms with van der Waals surface area (Å²) in [6.07, 6.45) is -1.48. The van der Waals surface area contributed by atoms with Crippen LogP contribution < -0.4 is 4.72 Å². The molecule has 1 N–H and O–H groups in total. The second-order valence-electron chi connectivity index (χ2n) is 4.27. The molecule has 21 heavy (non-hydrogen) atoms. The van der Waals surface area contributed by atoms with Crippen molar-refractivity contribution in [1.29, 1.82) is 0 Å². The highest BCUT2D eigenvalue weighted by molar-refractivity contribution is 14.1. The van der Waals surface area contributed by atoms with Crippen LogP contribution in [-0.4, -0.2) is 33.2 Å². The zero-order valence-corrected chi connectivity index (χ0v) is 13.4. The van der Waals surface area contributed by atoms with E-state index in [-0.39, 0.29) is 6.61 Å². The summed E-state index contributed by atoms with van der Waals surface area (Å²) in [7, 11) is -5.36. The first-order valence-electron chi connectivity index (χ1n) is 5.77. The van der Waals surface area contributed by atoms with Crippen molar-refractivity contribution >= 4 is 32.6 Å². The fraction of sp³-hybridized carbons (Fsp3) is 0.455. The van der Waals surface area contributed by atoms with Crippen molar-refractivity contribution in [3.63, 3.8) is 0 Å². The molecule has 1 aliphatic heterocycles. The van der Waals surface area contributed by atoms with Crippen LogP contribution in [0.4, 0.5) is 13.2 Å². The van der Waals surface area contributed by atoms with Gasteiger partial charge >= 0.3 is 15.5 Å². The van der Waals surface area contributed by atoms with Crippen LogP contribution in [0, 0.1) is 3.57 Å². The second kappa shape index (κ2) is 6.36. The molecular formula is C11H11F3INO4S. The first-order chi connectivity index (χ1) is 9.69. The van der Waals surface area contributed by atoms with Crippen molar-refractivity contribution in [1.82, 2.24) is 4.72 Å².